The maximum Gasteiger partial charge on any atom is 0.294 e. The van der Waals surface area contributed by atoms with E-state index in [2.05, 4.69) is 0 Å². The van der Waals surface area contributed by atoms with E-state index in [4.69, 9.17) is 14.8 Å². The Kier molecular flexibility index (Phi) is 4.79. The van der Waals surface area contributed by atoms with Gasteiger partial charge in [-0.25, -0.2) is 0 Å². The molecule has 0 bridgehead atoms. The van der Waals surface area contributed by atoms with E-state index in [0.717, 1.165) is 37.4 Å². The molecule has 0 aliphatic heterocycles. The number of rotatable bonds is 4. The van der Waals surface area contributed by atoms with E-state index in [1.807, 2.05) is 0 Å². The van der Waals surface area contributed by atoms with Crippen molar-refractivity contribution in [3.05, 3.63) is 40.4 Å². The van der Waals surface area contributed by atoms with Crippen LogP contribution in [0.5, 0.6) is 0 Å². The first-order valence-electron chi connectivity index (χ1n) is 5.35. The molecular weight excluding hydrogens is 322 g/mol. The fourth-order valence-corrected chi connectivity index (χ4v) is 2.23. The van der Waals surface area contributed by atoms with Gasteiger partial charge in [-0.1, -0.05) is 0 Å². The summed E-state index contributed by atoms with van der Waals surface area (Å²) in [5.74, 6) is -0.439. The van der Waals surface area contributed by atoms with Gasteiger partial charge in [-0.2, -0.15) is 16.8 Å². The van der Waals surface area contributed by atoms with Crippen LogP contribution >= 0.6 is 0 Å². The molecule has 21 heavy (non-hydrogen) atoms. The second-order valence-electron chi connectivity index (χ2n) is 4.01. The van der Waals surface area contributed by atoms with Crippen LogP contribution < -0.4 is 5.73 Å². The summed E-state index contributed by atoms with van der Waals surface area (Å²) < 4.78 is 62.0. The molecule has 0 aliphatic carbocycles. The van der Waals surface area contributed by atoms with Crippen molar-refractivity contribution in [3.63, 3.8) is 0 Å². The average molecular weight is 335 g/mol. The highest BCUT2D eigenvalue weighted by atomic mass is 32.2. The lowest BCUT2D eigenvalue weighted by Gasteiger charge is -2.08. The Balaban J connectivity index is 3.66. The van der Waals surface area contributed by atoms with Crippen LogP contribution in [-0.2, 0) is 20.2 Å². The van der Waals surface area contributed by atoms with Crippen molar-refractivity contribution >= 4 is 32.1 Å². The average Bonchev–Trinajstić information content (AvgIpc) is 2.35. The normalized spacial score (nSPS) is 14.2. The molecule has 0 aliphatic rings. The molecule has 0 atom stereocenters. The van der Waals surface area contributed by atoms with Gasteiger partial charge in [0, 0.05) is 11.8 Å². The summed E-state index contributed by atoms with van der Waals surface area (Å²) in [6, 6.07) is 3.06. The molecule has 0 amide bonds. The fraction of sp³-hybridized carbons (Fsp3) is 0.0909. The first kappa shape index (κ1) is 17.2. The quantitative estimate of drug-likeness (QED) is 0.469. The first-order chi connectivity index (χ1) is 9.46. The van der Waals surface area contributed by atoms with Crippen LogP contribution in [0.1, 0.15) is 18.1 Å². The zero-order valence-corrected chi connectivity index (χ0v) is 12.4. The Morgan fingerprint density at radius 3 is 2.19 bits per heavy atom. The summed E-state index contributed by atoms with van der Waals surface area (Å²) in [5.41, 5.74) is 5.10. The van der Waals surface area contributed by atoms with Gasteiger partial charge in [-0.3, -0.25) is 9.11 Å². The number of nitrogens with two attached hydrogens (primary N) is 1. The Labute approximate surface area is 121 Å². The largest absolute Gasteiger partial charge is 0.506 e. The van der Waals surface area contributed by atoms with Crippen molar-refractivity contribution in [2.75, 3.05) is 0 Å². The molecule has 10 heteroatoms. The number of benzene rings is 1. The molecule has 1 rings (SSSR count). The van der Waals surface area contributed by atoms with Crippen molar-refractivity contribution in [1.82, 2.24) is 0 Å². The van der Waals surface area contributed by atoms with Crippen molar-refractivity contribution in [2.45, 2.75) is 11.8 Å². The van der Waals surface area contributed by atoms with Crippen molar-refractivity contribution in [2.24, 2.45) is 5.73 Å². The second-order valence-corrected chi connectivity index (χ2v) is 7.02. The molecular formula is C11H13NO7S2. The maximum absolute atomic E-state index is 11.1. The predicted molar refractivity (Wildman–Crippen MR) is 76.2 cm³/mol. The summed E-state index contributed by atoms with van der Waals surface area (Å²) in [4.78, 5) is -0.994. The number of hydrogen-bond acceptors (Lipinski definition) is 6. The van der Waals surface area contributed by atoms with E-state index in [-0.39, 0.29) is 11.1 Å². The van der Waals surface area contributed by atoms with Gasteiger partial charge in [0.05, 0.1) is 9.80 Å². The standard InChI is InChI=1S/C11H13NO7S2/c1-7(20(14,15)16)4-8-5-9(21(17,18)19)2-3-10(8)11(13)6-12/h2-6,13H,12H2,1H3,(H,14,15,16)(H,17,18,19)/b7-4+,11-6-. The fourth-order valence-electron chi connectivity index (χ4n) is 1.44. The molecule has 116 valence electrons. The van der Waals surface area contributed by atoms with E-state index in [0.29, 0.717) is 0 Å². The Morgan fingerprint density at radius 2 is 1.76 bits per heavy atom. The van der Waals surface area contributed by atoms with Crippen LogP contribution in [-0.4, -0.2) is 31.0 Å². The zero-order valence-electron chi connectivity index (χ0n) is 10.8. The monoisotopic (exact) mass is 335 g/mol. The van der Waals surface area contributed by atoms with E-state index in [1.54, 1.807) is 0 Å². The summed E-state index contributed by atoms with van der Waals surface area (Å²) >= 11 is 0. The Bertz CT molecular complexity index is 820. The maximum atomic E-state index is 11.1. The lowest BCUT2D eigenvalue weighted by atomic mass is 10.1. The zero-order chi connectivity index (χ0) is 16.4. The minimum atomic E-state index is -4.52. The van der Waals surface area contributed by atoms with Crippen molar-refractivity contribution < 1.29 is 31.0 Å². The van der Waals surface area contributed by atoms with Crippen molar-refractivity contribution in [1.29, 1.82) is 0 Å². The van der Waals surface area contributed by atoms with E-state index >= 15 is 0 Å². The third kappa shape index (κ3) is 4.29. The van der Waals surface area contributed by atoms with Gasteiger partial charge in [-0.15, -0.1) is 0 Å². The number of aliphatic hydroxyl groups is 1. The van der Waals surface area contributed by atoms with Gasteiger partial charge in [0.2, 0.25) is 0 Å². The first-order valence-corrected chi connectivity index (χ1v) is 8.23. The third-order valence-corrected chi connectivity index (χ3v) is 4.30. The molecule has 1 aromatic rings. The van der Waals surface area contributed by atoms with Crippen LogP contribution in [0, 0.1) is 0 Å². The Hall–Kier alpha value is -1.88. The van der Waals surface area contributed by atoms with Gasteiger partial charge in [0.25, 0.3) is 20.2 Å². The highest BCUT2D eigenvalue weighted by molar-refractivity contribution is 7.89. The third-order valence-electron chi connectivity index (χ3n) is 2.52. The highest BCUT2D eigenvalue weighted by Crippen LogP contribution is 2.24. The molecule has 8 nitrogen and oxygen atoms in total. The van der Waals surface area contributed by atoms with E-state index in [9.17, 15) is 21.9 Å². The lowest BCUT2D eigenvalue weighted by molar-refractivity contribution is 0.482. The predicted octanol–water partition coefficient (Wildman–Crippen LogP) is 0.997. The molecule has 0 unspecified atom stereocenters. The van der Waals surface area contributed by atoms with Gasteiger partial charge in [-0.05, 0) is 36.8 Å². The van der Waals surface area contributed by atoms with Gasteiger partial charge in [0.15, 0.2) is 0 Å². The summed E-state index contributed by atoms with van der Waals surface area (Å²) in [7, 11) is -9.00. The minimum absolute atomic E-state index is 0.0212. The van der Waals surface area contributed by atoms with Crippen LogP contribution in [0.4, 0.5) is 0 Å². The SMILES string of the molecule is C/C(=C\c1cc(S(=O)(=O)O)ccc1/C(O)=C/N)S(=O)(=O)O. The van der Waals surface area contributed by atoms with Crippen LogP contribution in [0.3, 0.4) is 0 Å². The highest BCUT2D eigenvalue weighted by Gasteiger charge is 2.15. The molecule has 5 N–H and O–H groups in total. The van der Waals surface area contributed by atoms with Gasteiger partial charge < -0.3 is 10.8 Å². The number of allylic oxidation sites excluding steroid dienone is 1. The van der Waals surface area contributed by atoms with Crippen molar-refractivity contribution in [3.8, 4) is 0 Å². The summed E-state index contributed by atoms with van der Waals surface area (Å²) in [5, 5.41) is 9.60. The van der Waals surface area contributed by atoms with Crippen LogP contribution in [0.2, 0.25) is 0 Å². The molecule has 0 radical (unpaired) electrons. The number of aliphatic hydroxyl groups excluding tert-OH is 1. The summed E-state index contributed by atoms with van der Waals surface area (Å²) in [6.45, 7) is 1.07. The topological polar surface area (TPSA) is 155 Å². The van der Waals surface area contributed by atoms with Crippen LogP contribution in [0.15, 0.2) is 34.2 Å². The molecule has 1 aromatic carbocycles. The van der Waals surface area contributed by atoms with Gasteiger partial charge in [0.1, 0.15) is 5.76 Å². The van der Waals surface area contributed by atoms with E-state index < -0.39 is 35.8 Å². The smallest absolute Gasteiger partial charge is 0.294 e. The molecule has 0 aromatic heterocycles. The molecule has 0 saturated carbocycles. The van der Waals surface area contributed by atoms with E-state index in [1.165, 1.54) is 0 Å². The number of hydrogen-bond donors (Lipinski definition) is 4. The molecule has 0 spiro atoms. The minimum Gasteiger partial charge on any atom is -0.506 e. The molecule has 0 saturated heterocycles. The second kappa shape index (κ2) is 5.85. The Morgan fingerprint density at radius 1 is 1.19 bits per heavy atom. The molecule has 0 fully saturated rings. The molecule has 0 heterocycles. The lowest BCUT2D eigenvalue weighted by Crippen LogP contribution is -2.02. The van der Waals surface area contributed by atoms with Crippen LogP contribution in [0.25, 0.3) is 11.8 Å². The summed E-state index contributed by atoms with van der Waals surface area (Å²) in [6.07, 6.45) is 1.75. The van der Waals surface area contributed by atoms with Gasteiger partial charge >= 0.3 is 0 Å².